The molecule has 1 amide bonds. The van der Waals surface area contributed by atoms with Crippen molar-refractivity contribution >= 4 is 5.91 Å². The Kier molecular flexibility index (Phi) is 5.05. The molecule has 0 aliphatic carbocycles. The summed E-state index contributed by atoms with van der Waals surface area (Å²) in [6.07, 6.45) is 3.91. The van der Waals surface area contributed by atoms with E-state index in [0.29, 0.717) is 19.0 Å². The molecule has 6 nitrogen and oxygen atoms in total. The van der Waals surface area contributed by atoms with Gasteiger partial charge in [-0.1, -0.05) is 12.0 Å². The van der Waals surface area contributed by atoms with Crippen LogP contribution in [0.4, 0.5) is 0 Å². The first kappa shape index (κ1) is 14.2. The summed E-state index contributed by atoms with van der Waals surface area (Å²) in [6.45, 7) is 6.80. The van der Waals surface area contributed by atoms with Crippen LogP contribution >= 0.6 is 0 Å². The van der Waals surface area contributed by atoms with Crippen molar-refractivity contribution in [1.82, 2.24) is 9.80 Å². The molecule has 0 aromatic heterocycles. The average molecular weight is 265 g/mol. The predicted molar refractivity (Wildman–Crippen MR) is 73.6 cm³/mol. The molecule has 1 unspecified atom stereocenters. The van der Waals surface area contributed by atoms with Gasteiger partial charge in [0.1, 0.15) is 0 Å². The average Bonchev–Trinajstić information content (AvgIpc) is 2.79. The minimum absolute atomic E-state index is 0.220. The zero-order valence-electron chi connectivity index (χ0n) is 11.7. The maximum atomic E-state index is 12.0. The van der Waals surface area contributed by atoms with Crippen LogP contribution in [0.25, 0.3) is 10.4 Å². The fraction of sp³-hybridized carbons (Fsp3) is 0.923. The lowest BCUT2D eigenvalue weighted by atomic mass is 10.0. The van der Waals surface area contributed by atoms with Gasteiger partial charge in [-0.2, -0.15) is 0 Å². The van der Waals surface area contributed by atoms with Gasteiger partial charge in [-0.05, 0) is 37.3 Å². The Hall–Kier alpha value is -1.26. The molecule has 0 bridgehead atoms. The number of amides is 1. The number of hydrogen-bond donors (Lipinski definition) is 0. The minimum Gasteiger partial charge on any atom is -0.339 e. The van der Waals surface area contributed by atoms with Crippen molar-refractivity contribution in [2.75, 3.05) is 32.7 Å². The second-order valence-corrected chi connectivity index (χ2v) is 5.60. The first-order valence-electron chi connectivity index (χ1n) is 7.27. The monoisotopic (exact) mass is 265 g/mol. The van der Waals surface area contributed by atoms with Crippen LogP contribution in [0.1, 0.15) is 32.6 Å². The SMILES string of the molecule is CCCN1CCC(N2CC(CN=[N+]=[N-])CC2=O)CC1. The van der Waals surface area contributed by atoms with Crippen LogP contribution in [0.15, 0.2) is 5.11 Å². The van der Waals surface area contributed by atoms with E-state index in [1.807, 2.05) is 4.90 Å². The molecule has 0 spiro atoms. The molecule has 2 aliphatic heterocycles. The quantitative estimate of drug-likeness (QED) is 0.433. The van der Waals surface area contributed by atoms with E-state index < -0.39 is 0 Å². The Morgan fingerprint density at radius 2 is 2.16 bits per heavy atom. The normalized spacial score (nSPS) is 25.6. The van der Waals surface area contributed by atoms with Crippen molar-refractivity contribution in [1.29, 1.82) is 0 Å². The Labute approximate surface area is 114 Å². The number of hydrogen-bond acceptors (Lipinski definition) is 3. The smallest absolute Gasteiger partial charge is 0.223 e. The number of carbonyl (C=O) groups excluding carboxylic acids is 1. The maximum Gasteiger partial charge on any atom is 0.223 e. The highest BCUT2D eigenvalue weighted by Crippen LogP contribution is 2.25. The molecule has 0 radical (unpaired) electrons. The zero-order valence-corrected chi connectivity index (χ0v) is 11.7. The lowest BCUT2D eigenvalue weighted by Gasteiger charge is -2.36. The van der Waals surface area contributed by atoms with Crippen molar-refractivity contribution in [3.05, 3.63) is 10.4 Å². The van der Waals surface area contributed by atoms with E-state index in [4.69, 9.17) is 5.53 Å². The lowest BCUT2D eigenvalue weighted by Crippen LogP contribution is -2.45. The molecule has 106 valence electrons. The first-order valence-corrected chi connectivity index (χ1v) is 7.27. The van der Waals surface area contributed by atoms with Crippen molar-refractivity contribution in [3.8, 4) is 0 Å². The van der Waals surface area contributed by atoms with Gasteiger partial charge in [0.05, 0.1) is 0 Å². The van der Waals surface area contributed by atoms with Gasteiger partial charge in [-0.25, -0.2) is 0 Å². The minimum atomic E-state index is 0.220. The second kappa shape index (κ2) is 6.78. The van der Waals surface area contributed by atoms with Gasteiger partial charge in [-0.3, -0.25) is 4.79 Å². The molecular weight excluding hydrogens is 242 g/mol. The third kappa shape index (κ3) is 3.61. The molecule has 1 atom stereocenters. The van der Waals surface area contributed by atoms with Gasteiger partial charge in [-0.15, -0.1) is 0 Å². The van der Waals surface area contributed by atoms with Crippen molar-refractivity contribution in [2.24, 2.45) is 11.0 Å². The van der Waals surface area contributed by atoms with Crippen molar-refractivity contribution < 1.29 is 4.79 Å². The Morgan fingerprint density at radius 3 is 2.79 bits per heavy atom. The van der Waals surface area contributed by atoms with Gasteiger partial charge in [0, 0.05) is 43.6 Å². The fourth-order valence-corrected chi connectivity index (χ4v) is 3.21. The highest BCUT2D eigenvalue weighted by Gasteiger charge is 2.35. The summed E-state index contributed by atoms with van der Waals surface area (Å²) >= 11 is 0. The number of piperidine rings is 1. The fourth-order valence-electron chi connectivity index (χ4n) is 3.21. The van der Waals surface area contributed by atoms with E-state index >= 15 is 0 Å². The van der Waals surface area contributed by atoms with Crippen LogP contribution in [0.2, 0.25) is 0 Å². The molecule has 2 saturated heterocycles. The number of likely N-dealkylation sites (tertiary alicyclic amines) is 2. The summed E-state index contributed by atoms with van der Waals surface area (Å²) in [4.78, 5) is 19.3. The van der Waals surface area contributed by atoms with Gasteiger partial charge in [0.2, 0.25) is 5.91 Å². The van der Waals surface area contributed by atoms with Crippen LogP contribution in [-0.4, -0.2) is 54.5 Å². The van der Waals surface area contributed by atoms with Crippen LogP contribution in [0.5, 0.6) is 0 Å². The van der Waals surface area contributed by atoms with Crippen LogP contribution in [0, 0.1) is 5.92 Å². The van der Waals surface area contributed by atoms with E-state index in [0.717, 1.165) is 32.5 Å². The number of azide groups is 1. The summed E-state index contributed by atoms with van der Waals surface area (Å²) in [6, 6.07) is 0.400. The summed E-state index contributed by atoms with van der Waals surface area (Å²) in [5.74, 6) is 0.462. The summed E-state index contributed by atoms with van der Waals surface area (Å²) < 4.78 is 0. The first-order chi connectivity index (χ1) is 9.24. The van der Waals surface area contributed by atoms with Crippen molar-refractivity contribution in [3.63, 3.8) is 0 Å². The van der Waals surface area contributed by atoms with Crippen LogP contribution in [-0.2, 0) is 4.79 Å². The summed E-state index contributed by atoms with van der Waals surface area (Å²) in [5, 5.41) is 3.60. The molecular formula is C13H23N5O. The van der Waals surface area contributed by atoms with Gasteiger partial charge >= 0.3 is 0 Å². The highest BCUT2D eigenvalue weighted by atomic mass is 16.2. The maximum absolute atomic E-state index is 12.0. The number of carbonyl (C=O) groups is 1. The molecule has 2 aliphatic rings. The predicted octanol–water partition coefficient (Wildman–Crippen LogP) is 2.02. The van der Waals surface area contributed by atoms with Gasteiger partial charge in [0.25, 0.3) is 0 Å². The van der Waals surface area contributed by atoms with E-state index in [2.05, 4.69) is 21.8 Å². The molecule has 6 heteroatoms. The molecule has 0 N–H and O–H groups in total. The second-order valence-electron chi connectivity index (χ2n) is 5.60. The Balaban J connectivity index is 1.82. The third-order valence-corrected chi connectivity index (χ3v) is 4.18. The van der Waals surface area contributed by atoms with Gasteiger partial charge < -0.3 is 9.80 Å². The molecule has 2 heterocycles. The summed E-state index contributed by atoms with van der Waals surface area (Å²) in [5.41, 5.74) is 8.34. The number of rotatable bonds is 5. The summed E-state index contributed by atoms with van der Waals surface area (Å²) in [7, 11) is 0. The topological polar surface area (TPSA) is 72.3 Å². The molecule has 19 heavy (non-hydrogen) atoms. The lowest BCUT2D eigenvalue weighted by molar-refractivity contribution is -0.130. The molecule has 2 fully saturated rings. The Bertz CT molecular complexity index is 358. The molecule has 0 aromatic carbocycles. The molecule has 2 rings (SSSR count). The zero-order chi connectivity index (χ0) is 13.7. The van der Waals surface area contributed by atoms with Crippen molar-refractivity contribution in [2.45, 2.75) is 38.6 Å². The molecule has 0 saturated carbocycles. The van der Waals surface area contributed by atoms with E-state index in [1.165, 1.54) is 13.0 Å². The standard InChI is InChI=1S/C13H23N5O/c1-2-5-17-6-3-12(4-7-17)18-10-11(8-13(18)19)9-15-16-14/h11-12H,2-10H2,1H3. The Morgan fingerprint density at radius 1 is 1.42 bits per heavy atom. The van der Waals surface area contributed by atoms with Gasteiger partial charge in [0.15, 0.2) is 0 Å². The van der Waals surface area contributed by atoms with E-state index in [-0.39, 0.29) is 11.8 Å². The third-order valence-electron chi connectivity index (χ3n) is 4.18. The van der Waals surface area contributed by atoms with Crippen LogP contribution < -0.4 is 0 Å². The highest BCUT2D eigenvalue weighted by molar-refractivity contribution is 5.79. The largest absolute Gasteiger partial charge is 0.339 e. The van der Waals surface area contributed by atoms with E-state index in [9.17, 15) is 4.79 Å². The van der Waals surface area contributed by atoms with E-state index in [1.54, 1.807) is 0 Å². The molecule has 0 aromatic rings. The van der Waals surface area contributed by atoms with Crippen LogP contribution in [0.3, 0.4) is 0 Å². The number of nitrogens with zero attached hydrogens (tertiary/aromatic N) is 5.